The Morgan fingerprint density at radius 2 is 1.56 bits per heavy atom. The van der Waals surface area contributed by atoms with Crippen molar-refractivity contribution in [2.75, 3.05) is 18.6 Å². The van der Waals surface area contributed by atoms with Crippen LogP contribution in [0.25, 0.3) is 17.2 Å². The Balaban J connectivity index is 1.61. The van der Waals surface area contributed by atoms with Gasteiger partial charge in [0, 0.05) is 5.41 Å². The van der Waals surface area contributed by atoms with Crippen molar-refractivity contribution in [3.8, 4) is 11.1 Å². The SMILES string of the molecule is CCC(CC)(c1ccc(C=CC2(O)CCSCC2)c(C)c1)c1ccc(-c2ccc(CC(=O)OC)cc2)c(C)c1. The van der Waals surface area contributed by atoms with Gasteiger partial charge in [0.05, 0.1) is 19.1 Å². The molecule has 0 saturated carbocycles. The highest BCUT2D eigenvalue weighted by Crippen LogP contribution is 2.41. The molecule has 1 N–H and O–H groups in total. The number of aryl methyl sites for hydroxylation is 2. The maximum atomic E-state index is 11.6. The van der Waals surface area contributed by atoms with Gasteiger partial charge in [0.2, 0.25) is 0 Å². The molecule has 0 spiro atoms. The average Bonchev–Trinajstić information content (AvgIpc) is 2.94. The summed E-state index contributed by atoms with van der Waals surface area (Å²) in [5.74, 6) is 1.82. The molecule has 0 amide bonds. The highest BCUT2D eigenvalue weighted by Gasteiger charge is 2.31. The summed E-state index contributed by atoms with van der Waals surface area (Å²) in [5, 5.41) is 10.9. The molecule has 206 valence electrons. The lowest BCUT2D eigenvalue weighted by atomic mass is 9.69. The zero-order valence-corrected chi connectivity index (χ0v) is 24.9. The first-order valence-electron chi connectivity index (χ1n) is 14.1. The summed E-state index contributed by atoms with van der Waals surface area (Å²) in [7, 11) is 1.42. The molecule has 4 heteroatoms. The van der Waals surface area contributed by atoms with Gasteiger partial charge in [-0.3, -0.25) is 4.79 Å². The van der Waals surface area contributed by atoms with Crippen molar-refractivity contribution in [3.63, 3.8) is 0 Å². The van der Waals surface area contributed by atoms with Crippen molar-refractivity contribution in [1.82, 2.24) is 0 Å². The van der Waals surface area contributed by atoms with E-state index in [4.69, 9.17) is 4.74 Å². The van der Waals surface area contributed by atoms with Crippen LogP contribution in [-0.4, -0.2) is 35.3 Å². The molecule has 3 aromatic carbocycles. The van der Waals surface area contributed by atoms with Crippen LogP contribution < -0.4 is 0 Å². The molecule has 1 heterocycles. The van der Waals surface area contributed by atoms with Crippen molar-refractivity contribution < 1.29 is 14.6 Å². The molecule has 1 saturated heterocycles. The lowest BCUT2D eigenvalue weighted by Crippen LogP contribution is -2.30. The second kappa shape index (κ2) is 12.6. The molecule has 1 aliphatic heterocycles. The minimum absolute atomic E-state index is 0.0700. The summed E-state index contributed by atoms with van der Waals surface area (Å²) in [4.78, 5) is 11.6. The predicted molar refractivity (Wildman–Crippen MR) is 165 cm³/mol. The summed E-state index contributed by atoms with van der Waals surface area (Å²) in [5.41, 5.74) is 8.91. The zero-order chi connectivity index (χ0) is 28.0. The van der Waals surface area contributed by atoms with Crippen LogP contribution >= 0.6 is 11.8 Å². The lowest BCUT2D eigenvalue weighted by molar-refractivity contribution is -0.139. The third-order valence-corrected chi connectivity index (χ3v) is 9.57. The van der Waals surface area contributed by atoms with Gasteiger partial charge in [0.1, 0.15) is 0 Å². The van der Waals surface area contributed by atoms with Crippen molar-refractivity contribution in [3.05, 3.63) is 100 Å². The number of ether oxygens (including phenoxy) is 1. The minimum atomic E-state index is -0.673. The van der Waals surface area contributed by atoms with E-state index in [2.05, 4.69) is 82.3 Å². The number of carbonyl (C=O) groups excluding carboxylic acids is 1. The minimum Gasteiger partial charge on any atom is -0.469 e. The molecular weight excluding hydrogens is 500 g/mol. The summed E-state index contributed by atoms with van der Waals surface area (Å²) in [6.07, 6.45) is 8.10. The van der Waals surface area contributed by atoms with Gasteiger partial charge < -0.3 is 9.84 Å². The van der Waals surface area contributed by atoms with Crippen LogP contribution in [0.1, 0.15) is 72.9 Å². The second-order valence-electron chi connectivity index (χ2n) is 10.9. The first-order valence-corrected chi connectivity index (χ1v) is 15.3. The molecule has 0 aliphatic carbocycles. The van der Waals surface area contributed by atoms with Crippen LogP contribution in [0.3, 0.4) is 0 Å². The van der Waals surface area contributed by atoms with Crippen LogP contribution in [0.4, 0.5) is 0 Å². The number of carbonyl (C=O) groups is 1. The van der Waals surface area contributed by atoms with Gasteiger partial charge in [-0.1, -0.05) is 86.7 Å². The fourth-order valence-corrected chi connectivity index (χ4v) is 7.06. The summed E-state index contributed by atoms with van der Waals surface area (Å²) >= 11 is 1.92. The Kier molecular flexibility index (Phi) is 9.40. The standard InChI is InChI=1S/C35H42O3S/c1-6-35(7-2,30-13-12-28(25(3)22-30)16-17-34(37)18-20-39-21-19-34)31-14-15-32(26(4)23-31)29-10-8-27(9-11-29)24-33(36)38-5/h8-17,22-23,37H,6-7,18-21,24H2,1-5H3. The highest BCUT2D eigenvalue weighted by molar-refractivity contribution is 7.99. The van der Waals surface area contributed by atoms with Crippen LogP contribution in [0.15, 0.2) is 66.7 Å². The summed E-state index contributed by atoms with van der Waals surface area (Å²) in [6.45, 7) is 8.93. The molecule has 0 aromatic heterocycles. The first kappa shape index (κ1) is 29.2. The van der Waals surface area contributed by atoms with E-state index in [0.29, 0.717) is 0 Å². The number of aliphatic hydroxyl groups is 1. The van der Waals surface area contributed by atoms with E-state index in [1.54, 1.807) is 0 Å². The van der Waals surface area contributed by atoms with Crippen LogP contribution in [-0.2, 0) is 21.4 Å². The van der Waals surface area contributed by atoms with Crippen molar-refractivity contribution in [1.29, 1.82) is 0 Å². The van der Waals surface area contributed by atoms with Gasteiger partial charge in [0.15, 0.2) is 0 Å². The highest BCUT2D eigenvalue weighted by atomic mass is 32.2. The normalized spacial score (nSPS) is 15.4. The number of hydrogen-bond donors (Lipinski definition) is 1. The van der Waals surface area contributed by atoms with Gasteiger partial charge in [-0.05, 0) is 95.5 Å². The molecule has 3 aromatic rings. The summed E-state index contributed by atoms with van der Waals surface area (Å²) < 4.78 is 4.79. The maximum absolute atomic E-state index is 11.6. The molecule has 4 rings (SSSR count). The van der Waals surface area contributed by atoms with Gasteiger partial charge in [-0.15, -0.1) is 0 Å². The van der Waals surface area contributed by atoms with Crippen LogP contribution in [0.5, 0.6) is 0 Å². The molecule has 1 fully saturated rings. The number of hydrogen-bond acceptors (Lipinski definition) is 4. The molecule has 3 nitrogen and oxygen atoms in total. The monoisotopic (exact) mass is 542 g/mol. The van der Waals surface area contributed by atoms with Gasteiger partial charge in [-0.2, -0.15) is 11.8 Å². The lowest BCUT2D eigenvalue weighted by Gasteiger charge is -2.34. The van der Waals surface area contributed by atoms with E-state index >= 15 is 0 Å². The maximum Gasteiger partial charge on any atom is 0.309 e. The second-order valence-corrected chi connectivity index (χ2v) is 12.1. The smallest absolute Gasteiger partial charge is 0.309 e. The fraction of sp³-hybridized carbons (Fsp3) is 0.400. The van der Waals surface area contributed by atoms with Gasteiger partial charge in [0.25, 0.3) is 0 Å². The molecule has 0 bridgehead atoms. The van der Waals surface area contributed by atoms with E-state index in [0.717, 1.165) is 48.3 Å². The van der Waals surface area contributed by atoms with Crippen molar-refractivity contribution in [2.45, 2.75) is 70.8 Å². The Hall–Kier alpha value is -2.82. The van der Waals surface area contributed by atoms with Crippen molar-refractivity contribution in [2.24, 2.45) is 0 Å². The molecule has 1 aliphatic rings. The Morgan fingerprint density at radius 1 is 0.949 bits per heavy atom. The number of rotatable bonds is 9. The Labute approximate surface area is 238 Å². The third kappa shape index (κ3) is 6.50. The van der Waals surface area contributed by atoms with E-state index in [1.807, 2.05) is 30.0 Å². The van der Waals surface area contributed by atoms with Crippen LogP contribution in [0.2, 0.25) is 0 Å². The fourth-order valence-electron chi connectivity index (χ4n) is 5.86. The Morgan fingerprint density at radius 3 is 2.13 bits per heavy atom. The predicted octanol–water partition coefficient (Wildman–Crippen LogP) is 8.06. The molecule has 39 heavy (non-hydrogen) atoms. The van der Waals surface area contributed by atoms with E-state index < -0.39 is 5.60 Å². The molecular formula is C35H42O3S. The third-order valence-electron chi connectivity index (χ3n) is 8.58. The average molecular weight is 543 g/mol. The van der Waals surface area contributed by atoms with E-state index in [9.17, 15) is 9.90 Å². The Bertz CT molecular complexity index is 1310. The summed E-state index contributed by atoms with van der Waals surface area (Å²) in [6, 6.07) is 21.9. The van der Waals surface area contributed by atoms with Gasteiger partial charge in [-0.25, -0.2) is 0 Å². The van der Waals surface area contributed by atoms with Crippen molar-refractivity contribution >= 4 is 23.8 Å². The largest absolute Gasteiger partial charge is 0.469 e. The molecule has 0 unspecified atom stereocenters. The molecule has 0 radical (unpaired) electrons. The number of methoxy groups -OCH3 is 1. The van der Waals surface area contributed by atoms with E-state index in [-0.39, 0.29) is 17.8 Å². The van der Waals surface area contributed by atoms with E-state index in [1.165, 1.54) is 40.5 Å². The first-order chi connectivity index (χ1) is 18.7. The van der Waals surface area contributed by atoms with Gasteiger partial charge >= 0.3 is 5.97 Å². The zero-order valence-electron chi connectivity index (χ0n) is 24.0. The number of benzene rings is 3. The topological polar surface area (TPSA) is 46.5 Å². The van der Waals surface area contributed by atoms with Crippen LogP contribution in [0, 0.1) is 13.8 Å². The molecule has 0 atom stereocenters. The quantitative estimate of drug-likeness (QED) is 0.278. The number of esters is 1. The number of thioether (sulfide) groups is 1.